The van der Waals surface area contributed by atoms with E-state index in [0.29, 0.717) is 12.1 Å². The van der Waals surface area contributed by atoms with E-state index in [2.05, 4.69) is 0 Å². The fourth-order valence-corrected chi connectivity index (χ4v) is 3.68. The van der Waals surface area contributed by atoms with E-state index in [1.807, 2.05) is 85.8 Å². The highest BCUT2D eigenvalue weighted by atomic mass is 16.3. The number of carbonyl (C=O) groups is 1. The Morgan fingerprint density at radius 3 is 2.31 bits per heavy atom. The maximum Gasteiger partial charge on any atom is 0.264 e. The third-order valence-corrected chi connectivity index (χ3v) is 5.13. The summed E-state index contributed by atoms with van der Waals surface area (Å²) in [5.74, 6) is -0.259. The Hall–Kier alpha value is -2.91. The number of para-hydroxylation sites is 1. The minimum absolute atomic E-state index is 0.259. The fraction of sp³-hybridized carbons (Fsp3) is 0.174. The number of hydrogen-bond donors (Lipinski definition) is 1. The molecule has 1 unspecified atom stereocenters. The summed E-state index contributed by atoms with van der Waals surface area (Å²) in [5, 5.41) is 11.4. The van der Waals surface area contributed by atoms with Crippen molar-refractivity contribution in [3.8, 4) is 0 Å². The Kier molecular flexibility index (Phi) is 4.09. The molecule has 1 aliphatic rings. The molecule has 3 aromatic rings. The fourth-order valence-electron chi connectivity index (χ4n) is 3.68. The van der Waals surface area contributed by atoms with Crippen LogP contribution in [-0.4, -0.2) is 11.0 Å². The first-order valence-electron chi connectivity index (χ1n) is 8.82. The molecule has 26 heavy (non-hydrogen) atoms. The van der Waals surface area contributed by atoms with E-state index in [1.165, 1.54) is 0 Å². The molecule has 130 valence electrons. The predicted octanol–water partition coefficient (Wildman–Crippen LogP) is 3.97. The monoisotopic (exact) mass is 343 g/mol. The molecule has 0 saturated carbocycles. The largest absolute Gasteiger partial charge is 0.375 e. The summed E-state index contributed by atoms with van der Waals surface area (Å²) in [6, 6.07) is 25.3. The number of nitrogens with zero attached hydrogens (tertiary/aromatic N) is 1. The molecule has 3 nitrogen and oxygen atoms in total. The van der Waals surface area contributed by atoms with E-state index in [9.17, 15) is 9.90 Å². The number of anilines is 1. The highest BCUT2D eigenvalue weighted by molar-refractivity contribution is 6.07. The van der Waals surface area contributed by atoms with Gasteiger partial charge in [-0.25, -0.2) is 0 Å². The summed E-state index contributed by atoms with van der Waals surface area (Å²) >= 11 is 0. The molecule has 0 radical (unpaired) electrons. The topological polar surface area (TPSA) is 40.5 Å². The Bertz CT molecular complexity index is 951. The van der Waals surface area contributed by atoms with Crippen LogP contribution in [0.5, 0.6) is 0 Å². The molecule has 3 heteroatoms. The molecule has 3 aromatic carbocycles. The van der Waals surface area contributed by atoms with Crippen molar-refractivity contribution in [1.29, 1.82) is 0 Å². The number of carbonyl (C=O) groups excluding carboxylic acids is 1. The Balaban J connectivity index is 1.74. The van der Waals surface area contributed by atoms with Gasteiger partial charge >= 0.3 is 0 Å². The smallest absolute Gasteiger partial charge is 0.264 e. The second kappa shape index (κ2) is 6.43. The molecular formula is C23H21NO2. The van der Waals surface area contributed by atoms with E-state index in [-0.39, 0.29) is 12.3 Å². The van der Waals surface area contributed by atoms with Gasteiger partial charge in [0.15, 0.2) is 5.60 Å². The molecule has 0 bridgehead atoms. The number of rotatable bonds is 4. The van der Waals surface area contributed by atoms with Crippen LogP contribution in [0.25, 0.3) is 0 Å². The minimum atomic E-state index is -1.53. The Morgan fingerprint density at radius 1 is 0.885 bits per heavy atom. The van der Waals surface area contributed by atoms with E-state index >= 15 is 0 Å². The van der Waals surface area contributed by atoms with Gasteiger partial charge in [-0.3, -0.25) is 4.79 Å². The average Bonchev–Trinajstić information content (AvgIpc) is 2.87. The summed E-state index contributed by atoms with van der Waals surface area (Å²) in [5.41, 5.74) is 3.04. The van der Waals surface area contributed by atoms with Crippen LogP contribution in [0.3, 0.4) is 0 Å². The van der Waals surface area contributed by atoms with Crippen LogP contribution in [0.1, 0.15) is 22.3 Å². The molecule has 0 saturated heterocycles. The molecular weight excluding hydrogens is 322 g/mol. The lowest BCUT2D eigenvalue weighted by Crippen LogP contribution is -2.41. The first-order chi connectivity index (χ1) is 12.6. The van der Waals surface area contributed by atoms with Crippen molar-refractivity contribution in [3.05, 3.63) is 101 Å². The minimum Gasteiger partial charge on any atom is -0.375 e. The van der Waals surface area contributed by atoms with E-state index < -0.39 is 5.60 Å². The number of benzene rings is 3. The summed E-state index contributed by atoms with van der Waals surface area (Å²) in [6.07, 6.45) is 0.279. The molecule has 1 amide bonds. The standard InChI is InChI=1S/C23H21NO2/c1-17-9-5-6-12-19(17)15-23(26)20-13-7-8-14-21(20)24(22(23)25)16-18-10-3-2-4-11-18/h2-14,26H,15-16H2,1H3. The van der Waals surface area contributed by atoms with Crippen molar-refractivity contribution in [3.63, 3.8) is 0 Å². The second-order valence-corrected chi connectivity index (χ2v) is 6.86. The van der Waals surface area contributed by atoms with Gasteiger partial charge in [0, 0.05) is 12.0 Å². The van der Waals surface area contributed by atoms with Crippen molar-refractivity contribution < 1.29 is 9.90 Å². The lowest BCUT2D eigenvalue weighted by atomic mass is 9.87. The molecule has 0 spiro atoms. The van der Waals surface area contributed by atoms with Gasteiger partial charge in [0.2, 0.25) is 0 Å². The average molecular weight is 343 g/mol. The van der Waals surface area contributed by atoms with Crippen molar-refractivity contribution in [2.75, 3.05) is 4.90 Å². The van der Waals surface area contributed by atoms with Gasteiger partial charge in [0.1, 0.15) is 0 Å². The summed E-state index contributed by atoms with van der Waals surface area (Å²) < 4.78 is 0. The molecule has 1 N–H and O–H groups in total. The number of aryl methyl sites for hydroxylation is 1. The van der Waals surface area contributed by atoms with Gasteiger partial charge < -0.3 is 10.0 Å². The molecule has 1 heterocycles. The van der Waals surface area contributed by atoms with Crippen LogP contribution in [-0.2, 0) is 23.4 Å². The maximum atomic E-state index is 13.3. The summed E-state index contributed by atoms with van der Waals surface area (Å²) in [6.45, 7) is 2.46. The third kappa shape index (κ3) is 2.71. The number of hydrogen-bond acceptors (Lipinski definition) is 2. The van der Waals surface area contributed by atoms with Crippen LogP contribution in [0, 0.1) is 6.92 Å². The van der Waals surface area contributed by atoms with Gasteiger partial charge in [0.05, 0.1) is 12.2 Å². The van der Waals surface area contributed by atoms with Crippen LogP contribution < -0.4 is 4.90 Å². The van der Waals surface area contributed by atoms with Crippen LogP contribution in [0.2, 0.25) is 0 Å². The van der Waals surface area contributed by atoms with Crippen molar-refractivity contribution in [2.24, 2.45) is 0 Å². The highest BCUT2D eigenvalue weighted by Crippen LogP contribution is 2.43. The highest BCUT2D eigenvalue weighted by Gasteiger charge is 2.49. The summed E-state index contributed by atoms with van der Waals surface area (Å²) in [4.78, 5) is 15.0. The van der Waals surface area contributed by atoms with Gasteiger partial charge in [-0.05, 0) is 29.7 Å². The van der Waals surface area contributed by atoms with Crippen LogP contribution in [0.15, 0.2) is 78.9 Å². The zero-order valence-electron chi connectivity index (χ0n) is 14.7. The number of fused-ring (bicyclic) bond motifs is 1. The Labute approximate surface area is 153 Å². The normalized spacial score (nSPS) is 18.8. The first kappa shape index (κ1) is 16.6. The van der Waals surface area contributed by atoms with E-state index in [0.717, 1.165) is 22.4 Å². The molecule has 4 rings (SSSR count). The summed E-state index contributed by atoms with van der Waals surface area (Å²) in [7, 11) is 0. The molecule has 0 aliphatic carbocycles. The lowest BCUT2D eigenvalue weighted by molar-refractivity contribution is -0.136. The second-order valence-electron chi connectivity index (χ2n) is 6.86. The SMILES string of the molecule is Cc1ccccc1CC1(O)C(=O)N(Cc2ccccc2)c2ccccc21. The first-order valence-corrected chi connectivity index (χ1v) is 8.82. The molecule has 1 atom stereocenters. The maximum absolute atomic E-state index is 13.3. The van der Waals surface area contributed by atoms with Crippen molar-refractivity contribution >= 4 is 11.6 Å². The number of aliphatic hydroxyl groups is 1. The van der Waals surface area contributed by atoms with Gasteiger partial charge in [-0.1, -0.05) is 72.8 Å². The Morgan fingerprint density at radius 2 is 1.54 bits per heavy atom. The third-order valence-electron chi connectivity index (χ3n) is 5.13. The van der Waals surface area contributed by atoms with Gasteiger partial charge in [-0.15, -0.1) is 0 Å². The number of amides is 1. The van der Waals surface area contributed by atoms with Gasteiger partial charge in [0.25, 0.3) is 5.91 Å². The zero-order chi connectivity index (χ0) is 18.1. The van der Waals surface area contributed by atoms with Crippen LogP contribution >= 0.6 is 0 Å². The van der Waals surface area contributed by atoms with Crippen LogP contribution in [0.4, 0.5) is 5.69 Å². The van der Waals surface area contributed by atoms with Crippen molar-refractivity contribution in [1.82, 2.24) is 0 Å². The quantitative estimate of drug-likeness (QED) is 0.779. The molecule has 1 aliphatic heterocycles. The van der Waals surface area contributed by atoms with E-state index in [4.69, 9.17) is 0 Å². The lowest BCUT2D eigenvalue weighted by Gasteiger charge is -2.24. The molecule has 0 aromatic heterocycles. The zero-order valence-corrected chi connectivity index (χ0v) is 14.7. The van der Waals surface area contributed by atoms with E-state index in [1.54, 1.807) is 4.90 Å². The molecule has 0 fully saturated rings. The van der Waals surface area contributed by atoms with Crippen molar-refractivity contribution in [2.45, 2.75) is 25.5 Å². The van der Waals surface area contributed by atoms with Gasteiger partial charge in [-0.2, -0.15) is 0 Å². The predicted molar refractivity (Wildman–Crippen MR) is 103 cm³/mol.